The molecule has 0 bridgehead atoms. The molecule has 4 rings (SSSR count). The van der Waals surface area contributed by atoms with Crippen LogP contribution in [0.1, 0.15) is 54.4 Å². The highest BCUT2D eigenvalue weighted by atomic mass is 35.5. The minimum Gasteiger partial charge on any atom is -0.295 e. The summed E-state index contributed by atoms with van der Waals surface area (Å²) in [6.45, 7) is 1.65. The summed E-state index contributed by atoms with van der Waals surface area (Å²) in [6.07, 6.45) is 1.33. The van der Waals surface area contributed by atoms with Crippen LogP contribution in [0.5, 0.6) is 0 Å². The SMILES string of the molecule is Cl.Cn1cc(S(=O)(=O)N2CCN(C3(CCC(=O)c4ccc(C(F)(F)F)cc4Cl)CCCC3)CC2)nn1. The average molecular weight is 570 g/mol. The molecule has 1 saturated carbocycles. The molecule has 2 aliphatic rings. The highest BCUT2D eigenvalue weighted by molar-refractivity contribution is 7.89. The monoisotopic (exact) mass is 569 g/mol. The molecule has 0 unspecified atom stereocenters. The first-order valence-electron chi connectivity index (χ1n) is 11.4. The van der Waals surface area contributed by atoms with Gasteiger partial charge >= 0.3 is 6.18 Å². The van der Waals surface area contributed by atoms with Gasteiger partial charge in [0.2, 0.25) is 5.03 Å². The average Bonchev–Trinajstić information content (AvgIpc) is 3.47. The number of nitrogens with zero attached hydrogens (tertiary/aromatic N) is 5. The number of aromatic nitrogens is 3. The Hall–Kier alpha value is -1.73. The van der Waals surface area contributed by atoms with Gasteiger partial charge < -0.3 is 0 Å². The van der Waals surface area contributed by atoms with Crippen molar-refractivity contribution >= 4 is 39.8 Å². The fourth-order valence-electron chi connectivity index (χ4n) is 5.14. The van der Waals surface area contributed by atoms with E-state index in [2.05, 4.69) is 15.2 Å². The number of hydrogen-bond acceptors (Lipinski definition) is 6. The molecule has 2 aromatic rings. The van der Waals surface area contributed by atoms with Crippen LogP contribution < -0.4 is 0 Å². The van der Waals surface area contributed by atoms with Crippen LogP contribution in [0.25, 0.3) is 0 Å². The van der Waals surface area contributed by atoms with Crippen molar-refractivity contribution in [3.05, 3.63) is 40.5 Å². The zero-order valence-electron chi connectivity index (χ0n) is 19.7. The van der Waals surface area contributed by atoms with Gasteiger partial charge in [-0.25, -0.2) is 8.42 Å². The van der Waals surface area contributed by atoms with E-state index in [4.69, 9.17) is 11.6 Å². The Bertz CT molecular complexity index is 1190. The Labute approximate surface area is 219 Å². The molecule has 0 spiro atoms. The second kappa shape index (κ2) is 10.9. The minimum atomic E-state index is -4.53. The van der Waals surface area contributed by atoms with Gasteiger partial charge in [-0.15, -0.1) is 17.5 Å². The van der Waals surface area contributed by atoms with Crippen molar-refractivity contribution in [2.24, 2.45) is 7.05 Å². The number of carbonyl (C=O) groups is 1. The van der Waals surface area contributed by atoms with Gasteiger partial charge in [0.05, 0.1) is 16.8 Å². The standard InChI is InChI=1S/C22H27ClF3N5O3S.ClH/c1-29-15-20(27-28-29)35(33,34)31-12-10-30(11-13-31)21(7-2-3-8-21)9-6-19(32)17-5-4-16(14-18(17)23)22(24,25)26;/h4-5,14-15H,2-3,6-13H2,1H3;1H. The lowest BCUT2D eigenvalue weighted by atomic mass is 9.87. The fraction of sp³-hybridized carbons (Fsp3) is 0.591. The maximum Gasteiger partial charge on any atom is 0.416 e. The predicted octanol–water partition coefficient (Wildman–Crippen LogP) is 4.19. The first-order valence-corrected chi connectivity index (χ1v) is 13.3. The number of carbonyl (C=O) groups excluding carboxylic acids is 1. The van der Waals surface area contributed by atoms with E-state index in [0.717, 1.165) is 43.9 Å². The van der Waals surface area contributed by atoms with Crippen LogP contribution in [0.15, 0.2) is 29.4 Å². The quantitative estimate of drug-likeness (QED) is 0.464. The van der Waals surface area contributed by atoms with Crippen molar-refractivity contribution < 1.29 is 26.4 Å². The molecular formula is C22H28Cl2F3N5O3S. The molecule has 2 fully saturated rings. The zero-order chi connectivity index (χ0) is 25.4. The van der Waals surface area contributed by atoms with Crippen molar-refractivity contribution in [2.75, 3.05) is 26.2 Å². The van der Waals surface area contributed by atoms with E-state index in [1.54, 1.807) is 7.05 Å². The minimum absolute atomic E-state index is 0. The third kappa shape index (κ3) is 5.88. The van der Waals surface area contributed by atoms with Crippen molar-refractivity contribution in [1.29, 1.82) is 0 Å². The topological polar surface area (TPSA) is 88.4 Å². The molecule has 0 N–H and O–H groups in total. The van der Waals surface area contributed by atoms with Gasteiger partial charge in [-0.3, -0.25) is 14.4 Å². The number of rotatable bonds is 7. The molecule has 2 heterocycles. The first-order chi connectivity index (χ1) is 16.4. The molecule has 0 radical (unpaired) electrons. The number of sulfonamides is 1. The maximum absolute atomic E-state index is 12.9. The Kier molecular flexibility index (Phi) is 8.76. The van der Waals surface area contributed by atoms with Gasteiger partial charge in [0.25, 0.3) is 10.0 Å². The van der Waals surface area contributed by atoms with Crippen molar-refractivity contribution in [3.8, 4) is 0 Å². The van der Waals surface area contributed by atoms with Gasteiger partial charge in [0.1, 0.15) is 0 Å². The van der Waals surface area contributed by atoms with Crippen molar-refractivity contribution in [3.63, 3.8) is 0 Å². The number of alkyl halides is 3. The largest absolute Gasteiger partial charge is 0.416 e. The molecule has 200 valence electrons. The van der Waals surface area contributed by atoms with E-state index in [1.165, 1.54) is 15.2 Å². The van der Waals surface area contributed by atoms with Crippen LogP contribution in [-0.2, 0) is 23.2 Å². The third-order valence-corrected chi connectivity index (χ3v) is 9.12. The summed E-state index contributed by atoms with van der Waals surface area (Å²) in [5.74, 6) is -0.293. The molecule has 1 aromatic heterocycles. The summed E-state index contributed by atoms with van der Waals surface area (Å²) >= 11 is 6.02. The first kappa shape index (κ1) is 28.8. The van der Waals surface area contributed by atoms with Gasteiger partial charge in [0, 0.05) is 50.7 Å². The summed E-state index contributed by atoms with van der Waals surface area (Å²) in [7, 11) is -2.12. The van der Waals surface area contributed by atoms with Crippen LogP contribution in [-0.4, -0.2) is 70.1 Å². The molecular weight excluding hydrogens is 542 g/mol. The van der Waals surface area contributed by atoms with E-state index < -0.39 is 21.8 Å². The number of ketones is 1. The molecule has 1 aromatic carbocycles. The summed E-state index contributed by atoms with van der Waals surface area (Å²) in [5, 5.41) is 7.16. The van der Waals surface area contributed by atoms with Crippen LogP contribution in [0, 0.1) is 0 Å². The Balaban J connectivity index is 0.00000361. The summed E-state index contributed by atoms with van der Waals surface area (Å²) in [6, 6.07) is 2.81. The van der Waals surface area contributed by atoms with E-state index in [-0.39, 0.29) is 45.8 Å². The third-order valence-electron chi connectivity index (χ3n) is 7.04. The number of Topliss-reactive ketones (excluding diaryl/α,β-unsaturated/α-hetero) is 1. The van der Waals surface area contributed by atoms with Crippen LogP contribution >= 0.6 is 24.0 Å². The molecule has 36 heavy (non-hydrogen) atoms. The molecule has 14 heteroatoms. The van der Waals surface area contributed by atoms with Gasteiger partial charge in [-0.05, 0) is 37.5 Å². The van der Waals surface area contributed by atoms with Crippen LogP contribution in [0.2, 0.25) is 5.02 Å². The van der Waals surface area contributed by atoms with Crippen molar-refractivity contribution in [2.45, 2.75) is 55.3 Å². The lowest BCUT2D eigenvalue weighted by molar-refractivity contribution is -0.137. The van der Waals surface area contributed by atoms with Crippen LogP contribution in [0.4, 0.5) is 13.2 Å². The molecule has 0 amide bonds. The predicted molar refractivity (Wildman–Crippen MR) is 130 cm³/mol. The number of piperazine rings is 1. The van der Waals surface area contributed by atoms with Gasteiger partial charge in [0.15, 0.2) is 5.78 Å². The summed E-state index contributed by atoms with van der Waals surface area (Å²) in [5.41, 5.74) is -1.04. The molecule has 1 aliphatic carbocycles. The fourth-order valence-corrected chi connectivity index (χ4v) is 6.76. The van der Waals surface area contributed by atoms with E-state index in [9.17, 15) is 26.4 Å². The van der Waals surface area contributed by atoms with Crippen molar-refractivity contribution in [1.82, 2.24) is 24.2 Å². The van der Waals surface area contributed by atoms with Gasteiger partial charge in [-0.1, -0.05) is 29.7 Å². The van der Waals surface area contributed by atoms with Crippen LogP contribution in [0.3, 0.4) is 0 Å². The maximum atomic E-state index is 12.9. The molecule has 1 saturated heterocycles. The zero-order valence-corrected chi connectivity index (χ0v) is 22.1. The number of hydrogen-bond donors (Lipinski definition) is 0. The number of halogens is 5. The number of aryl methyl sites for hydroxylation is 1. The highest BCUT2D eigenvalue weighted by Gasteiger charge is 2.42. The van der Waals surface area contributed by atoms with Gasteiger partial charge in [-0.2, -0.15) is 17.5 Å². The second-order valence-electron chi connectivity index (χ2n) is 9.17. The summed E-state index contributed by atoms with van der Waals surface area (Å²) < 4.78 is 67.2. The summed E-state index contributed by atoms with van der Waals surface area (Å²) in [4.78, 5) is 15.1. The second-order valence-corrected chi connectivity index (χ2v) is 11.5. The highest BCUT2D eigenvalue weighted by Crippen LogP contribution is 2.40. The smallest absolute Gasteiger partial charge is 0.295 e. The molecule has 1 aliphatic heterocycles. The normalized spacial score (nSPS) is 19.2. The lowest BCUT2D eigenvalue weighted by Gasteiger charge is -2.45. The van der Waals surface area contributed by atoms with E-state index >= 15 is 0 Å². The molecule has 0 atom stereocenters. The van der Waals surface area contributed by atoms with E-state index in [0.29, 0.717) is 32.6 Å². The Morgan fingerprint density at radius 1 is 1.14 bits per heavy atom. The number of benzene rings is 1. The van der Waals surface area contributed by atoms with E-state index in [1.807, 2.05) is 0 Å². The lowest BCUT2D eigenvalue weighted by Crippen LogP contribution is -2.57. The molecule has 8 nitrogen and oxygen atoms in total. The Morgan fingerprint density at radius 3 is 2.31 bits per heavy atom. The Morgan fingerprint density at radius 2 is 1.78 bits per heavy atom.